The lowest BCUT2D eigenvalue weighted by Gasteiger charge is -2.38. The normalized spacial score (nSPS) is 17.6. The minimum absolute atomic E-state index is 0.129. The zero-order valence-electron chi connectivity index (χ0n) is 24.3. The van der Waals surface area contributed by atoms with Gasteiger partial charge in [-0.15, -0.1) is 0 Å². The zero-order valence-corrected chi connectivity index (χ0v) is 24.3. The summed E-state index contributed by atoms with van der Waals surface area (Å²) >= 11 is 0. The molecule has 0 radical (unpaired) electrons. The first-order chi connectivity index (χ1) is 21.7. The smallest absolute Gasteiger partial charge is 0.348 e. The van der Waals surface area contributed by atoms with E-state index in [2.05, 4.69) is 15.7 Å². The first kappa shape index (κ1) is 29.9. The number of rotatable bonds is 8. The van der Waals surface area contributed by atoms with Gasteiger partial charge >= 0.3 is 6.18 Å². The maximum Gasteiger partial charge on any atom is 0.416 e. The van der Waals surface area contributed by atoms with Gasteiger partial charge in [-0.25, -0.2) is 4.68 Å². The second-order valence-corrected chi connectivity index (χ2v) is 11.0. The molecule has 2 aliphatic rings. The standard InChI is InChI=1S/C34H30F3N5O3/c1-2-41-32-27(20-39-42(32)26-15-4-3-5-16-26)28(23-12-6-9-21(17-23)19-38-30(43)22-10-7-11-22)29(33(41)45)40-31(44)24-13-8-14-25(18-24)34(35,36)37/h3-6,8-10,12-18,20,28-29H,2,7,11,19H2,1H3,(H,38,43)(H,40,44)/t28-,29+/m1/s1. The number of halogens is 3. The van der Waals surface area contributed by atoms with Crippen LogP contribution in [0, 0.1) is 0 Å². The molecule has 0 saturated carbocycles. The number of carbonyl (C=O) groups is 3. The van der Waals surface area contributed by atoms with E-state index in [1.807, 2.05) is 60.7 Å². The number of anilines is 1. The predicted molar refractivity (Wildman–Crippen MR) is 162 cm³/mol. The number of nitrogens with zero attached hydrogens (tertiary/aromatic N) is 3. The number of aromatic nitrogens is 2. The van der Waals surface area contributed by atoms with Gasteiger partial charge in [-0.1, -0.05) is 54.6 Å². The molecule has 2 atom stereocenters. The van der Waals surface area contributed by atoms with E-state index in [0.717, 1.165) is 47.9 Å². The van der Waals surface area contributed by atoms with E-state index in [-0.39, 0.29) is 24.6 Å². The summed E-state index contributed by atoms with van der Waals surface area (Å²) in [6.07, 6.45) is 0.538. The molecule has 45 heavy (non-hydrogen) atoms. The number of hydrogen-bond acceptors (Lipinski definition) is 4. The van der Waals surface area contributed by atoms with Crippen molar-refractivity contribution in [2.75, 3.05) is 11.4 Å². The molecule has 1 aliphatic heterocycles. The number of nitrogens with one attached hydrogen (secondary N) is 2. The third kappa shape index (κ3) is 5.85. The first-order valence-electron chi connectivity index (χ1n) is 14.6. The van der Waals surface area contributed by atoms with Gasteiger partial charge in [-0.3, -0.25) is 19.3 Å². The number of likely N-dealkylation sites (N-methyl/N-ethyl adjacent to an activating group) is 1. The Bertz CT molecular complexity index is 1800. The SMILES string of the molecule is CCN1C(=O)[C@@H](NC(=O)c2cccc(C(F)(F)F)c2)[C@H](c2cccc(CNC(=O)C3=CCC3)c2)c2cnn(-c3ccccc3)c21. The predicted octanol–water partition coefficient (Wildman–Crippen LogP) is 5.52. The van der Waals surface area contributed by atoms with Gasteiger partial charge in [0.15, 0.2) is 0 Å². The Morgan fingerprint density at radius 3 is 2.42 bits per heavy atom. The van der Waals surface area contributed by atoms with Crippen LogP contribution in [0.3, 0.4) is 0 Å². The van der Waals surface area contributed by atoms with Crippen molar-refractivity contribution in [2.24, 2.45) is 0 Å². The average Bonchev–Trinajstić information content (AvgIpc) is 3.44. The van der Waals surface area contributed by atoms with E-state index < -0.39 is 35.5 Å². The third-order valence-electron chi connectivity index (χ3n) is 8.14. The fourth-order valence-electron chi connectivity index (χ4n) is 5.77. The van der Waals surface area contributed by atoms with Crippen molar-refractivity contribution in [1.82, 2.24) is 20.4 Å². The number of hydrogen-bond donors (Lipinski definition) is 2. The van der Waals surface area contributed by atoms with Crippen LogP contribution in [0.25, 0.3) is 5.69 Å². The molecule has 1 aliphatic carbocycles. The Hall–Kier alpha value is -5.19. The molecule has 0 fully saturated rings. The summed E-state index contributed by atoms with van der Waals surface area (Å²) in [5.41, 5.74) is 2.43. The fourth-order valence-corrected chi connectivity index (χ4v) is 5.77. The quantitative estimate of drug-likeness (QED) is 0.274. The molecule has 2 heterocycles. The average molecular weight is 614 g/mol. The molecule has 11 heteroatoms. The monoisotopic (exact) mass is 613 g/mol. The number of allylic oxidation sites excluding steroid dienone is 1. The van der Waals surface area contributed by atoms with Gasteiger partial charge in [0.25, 0.3) is 11.8 Å². The summed E-state index contributed by atoms with van der Waals surface area (Å²) in [6.45, 7) is 2.31. The van der Waals surface area contributed by atoms with Crippen LogP contribution in [0.1, 0.15) is 58.3 Å². The second-order valence-electron chi connectivity index (χ2n) is 11.0. The Kier molecular flexibility index (Phi) is 8.01. The van der Waals surface area contributed by atoms with Crippen molar-refractivity contribution in [3.63, 3.8) is 0 Å². The van der Waals surface area contributed by atoms with E-state index in [1.165, 1.54) is 11.0 Å². The number of carbonyl (C=O) groups excluding carboxylic acids is 3. The van der Waals surface area contributed by atoms with E-state index in [0.29, 0.717) is 16.9 Å². The lowest BCUT2D eigenvalue weighted by atomic mass is 9.81. The van der Waals surface area contributed by atoms with Crippen LogP contribution in [0.5, 0.6) is 0 Å². The summed E-state index contributed by atoms with van der Waals surface area (Å²) in [5.74, 6) is -1.55. The lowest BCUT2D eigenvalue weighted by Crippen LogP contribution is -2.55. The molecular formula is C34H30F3N5O3. The highest BCUT2D eigenvalue weighted by Gasteiger charge is 2.44. The zero-order chi connectivity index (χ0) is 31.7. The third-order valence-corrected chi connectivity index (χ3v) is 8.14. The van der Waals surface area contributed by atoms with Crippen LogP contribution in [0.4, 0.5) is 19.0 Å². The summed E-state index contributed by atoms with van der Waals surface area (Å²) in [7, 11) is 0. The van der Waals surface area contributed by atoms with Gasteiger partial charge in [0.1, 0.15) is 11.9 Å². The molecule has 8 nitrogen and oxygen atoms in total. The molecule has 230 valence electrons. The molecule has 1 aromatic heterocycles. The molecule has 6 rings (SSSR count). The Labute approximate surface area is 257 Å². The van der Waals surface area contributed by atoms with Crippen LogP contribution < -0.4 is 15.5 Å². The first-order valence-corrected chi connectivity index (χ1v) is 14.6. The molecule has 0 saturated heterocycles. The highest BCUT2D eigenvalue weighted by atomic mass is 19.4. The van der Waals surface area contributed by atoms with Crippen molar-refractivity contribution >= 4 is 23.5 Å². The van der Waals surface area contributed by atoms with Crippen LogP contribution in [-0.4, -0.2) is 40.1 Å². The number of benzene rings is 3. The molecule has 4 aromatic rings. The molecule has 3 amide bonds. The minimum Gasteiger partial charge on any atom is -0.348 e. The fraction of sp³-hybridized carbons (Fsp3) is 0.235. The summed E-state index contributed by atoms with van der Waals surface area (Å²) in [4.78, 5) is 41.6. The van der Waals surface area contributed by atoms with Crippen molar-refractivity contribution in [2.45, 2.75) is 44.4 Å². The van der Waals surface area contributed by atoms with E-state index in [9.17, 15) is 27.6 Å². The second kappa shape index (κ2) is 12.1. The van der Waals surface area contributed by atoms with Crippen LogP contribution in [0.15, 0.2) is 96.7 Å². The molecule has 0 bridgehead atoms. The van der Waals surface area contributed by atoms with E-state index >= 15 is 0 Å². The van der Waals surface area contributed by atoms with Crippen molar-refractivity contribution < 1.29 is 27.6 Å². The molecular weight excluding hydrogens is 583 g/mol. The Morgan fingerprint density at radius 1 is 0.978 bits per heavy atom. The van der Waals surface area contributed by atoms with Gasteiger partial charge < -0.3 is 10.6 Å². The van der Waals surface area contributed by atoms with Crippen LogP contribution in [-0.2, 0) is 22.3 Å². The maximum atomic E-state index is 14.2. The highest BCUT2D eigenvalue weighted by molar-refractivity contribution is 6.05. The van der Waals surface area contributed by atoms with Gasteiger partial charge in [0.2, 0.25) is 5.91 Å². The summed E-state index contributed by atoms with van der Waals surface area (Å²) in [5, 5.41) is 10.3. The molecule has 2 N–H and O–H groups in total. The maximum absolute atomic E-state index is 14.2. The molecule has 0 unspecified atom stereocenters. The Balaban J connectivity index is 1.41. The van der Waals surface area contributed by atoms with Gasteiger partial charge in [0, 0.05) is 35.7 Å². The molecule has 3 aromatic carbocycles. The number of fused-ring (bicyclic) bond motifs is 1. The van der Waals surface area contributed by atoms with Crippen LogP contribution >= 0.6 is 0 Å². The van der Waals surface area contributed by atoms with E-state index in [4.69, 9.17) is 0 Å². The summed E-state index contributed by atoms with van der Waals surface area (Å²) in [6, 6.07) is 19.6. The van der Waals surface area contributed by atoms with Crippen molar-refractivity contribution in [3.8, 4) is 5.69 Å². The van der Waals surface area contributed by atoms with Crippen molar-refractivity contribution in [3.05, 3.63) is 125 Å². The lowest BCUT2D eigenvalue weighted by molar-refractivity contribution is -0.137. The summed E-state index contributed by atoms with van der Waals surface area (Å²) < 4.78 is 42.0. The topological polar surface area (TPSA) is 96.3 Å². The largest absolute Gasteiger partial charge is 0.416 e. The minimum atomic E-state index is -4.63. The van der Waals surface area contributed by atoms with Crippen molar-refractivity contribution in [1.29, 1.82) is 0 Å². The van der Waals surface area contributed by atoms with Crippen LogP contribution in [0.2, 0.25) is 0 Å². The Morgan fingerprint density at radius 2 is 1.73 bits per heavy atom. The van der Waals surface area contributed by atoms with E-state index in [1.54, 1.807) is 17.8 Å². The number of alkyl halides is 3. The molecule has 0 spiro atoms. The van der Waals surface area contributed by atoms with Gasteiger partial charge in [-0.05, 0) is 61.2 Å². The number of para-hydroxylation sites is 1. The van der Waals surface area contributed by atoms with Gasteiger partial charge in [0.05, 0.1) is 17.4 Å². The van der Waals surface area contributed by atoms with Gasteiger partial charge in [-0.2, -0.15) is 18.3 Å². The highest BCUT2D eigenvalue weighted by Crippen LogP contribution is 2.42. The number of amides is 3.